The zero-order chi connectivity index (χ0) is 11.3. The van der Waals surface area contributed by atoms with Crippen molar-refractivity contribution >= 4 is 22.0 Å². The fourth-order valence-electron chi connectivity index (χ4n) is 1.95. The van der Waals surface area contributed by atoms with Gasteiger partial charge in [-0.15, -0.1) is 0 Å². The van der Waals surface area contributed by atoms with Gasteiger partial charge in [-0.3, -0.25) is 4.79 Å². The molecule has 3 rings (SSSR count). The Labute approximate surface area is 91.1 Å². The standard InChI is InChI=1S/C12H10N2O2/c1-7-13-9-4-5-10-8(12(9)16-7)3-6-11(15)14(10)2/h3-6H,1-2H3. The molecule has 0 fully saturated rings. The molecule has 2 heterocycles. The summed E-state index contributed by atoms with van der Waals surface area (Å²) in [5.74, 6) is 0.636. The minimum absolute atomic E-state index is 0.0249. The van der Waals surface area contributed by atoms with Crippen molar-refractivity contribution < 1.29 is 4.42 Å². The number of hydrogen-bond donors (Lipinski definition) is 0. The largest absolute Gasteiger partial charge is 0.440 e. The maximum atomic E-state index is 11.5. The predicted molar refractivity (Wildman–Crippen MR) is 61.5 cm³/mol. The van der Waals surface area contributed by atoms with Crippen LogP contribution in [-0.4, -0.2) is 9.55 Å². The molecule has 16 heavy (non-hydrogen) atoms. The summed E-state index contributed by atoms with van der Waals surface area (Å²) < 4.78 is 7.15. The van der Waals surface area contributed by atoms with E-state index >= 15 is 0 Å². The van der Waals surface area contributed by atoms with Crippen molar-refractivity contribution in [2.24, 2.45) is 7.05 Å². The van der Waals surface area contributed by atoms with E-state index in [2.05, 4.69) is 4.98 Å². The molecule has 4 heteroatoms. The van der Waals surface area contributed by atoms with E-state index in [9.17, 15) is 4.79 Å². The van der Waals surface area contributed by atoms with Crippen molar-refractivity contribution in [3.05, 3.63) is 40.5 Å². The zero-order valence-electron chi connectivity index (χ0n) is 9.02. The number of aryl methyl sites for hydroxylation is 2. The summed E-state index contributed by atoms with van der Waals surface area (Å²) in [6, 6.07) is 7.08. The Balaban J connectivity index is 2.61. The van der Waals surface area contributed by atoms with Crippen LogP contribution in [-0.2, 0) is 7.05 Å². The number of rotatable bonds is 0. The van der Waals surface area contributed by atoms with Gasteiger partial charge in [0.25, 0.3) is 5.56 Å². The van der Waals surface area contributed by atoms with Crippen LogP contribution in [0.4, 0.5) is 0 Å². The smallest absolute Gasteiger partial charge is 0.250 e. The first kappa shape index (κ1) is 9.15. The number of pyridine rings is 1. The average Bonchev–Trinajstić information content (AvgIpc) is 2.63. The van der Waals surface area contributed by atoms with Crippen LogP contribution in [0.5, 0.6) is 0 Å². The summed E-state index contributed by atoms with van der Waals surface area (Å²) in [6.07, 6.45) is 0. The third-order valence-electron chi connectivity index (χ3n) is 2.76. The quantitative estimate of drug-likeness (QED) is 0.575. The first-order valence-electron chi connectivity index (χ1n) is 5.03. The van der Waals surface area contributed by atoms with Gasteiger partial charge in [-0.2, -0.15) is 0 Å². The van der Waals surface area contributed by atoms with Crippen molar-refractivity contribution in [2.75, 3.05) is 0 Å². The fraction of sp³-hybridized carbons (Fsp3) is 0.167. The molecule has 4 nitrogen and oxygen atoms in total. The van der Waals surface area contributed by atoms with Gasteiger partial charge >= 0.3 is 0 Å². The number of aromatic nitrogens is 2. The molecule has 0 aliphatic carbocycles. The van der Waals surface area contributed by atoms with E-state index in [0.29, 0.717) is 5.89 Å². The molecule has 0 atom stereocenters. The Morgan fingerprint density at radius 3 is 2.88 bits per heavy atom. The summed E-state index contributed by atoms with van der Waals surface area (Å²) >= 11 is 0. The lowest BCUT2D eigenvalue weighted by atomic mass is 10.2. The van der Waals surface area contributed by atoms with Gasteiger partial charge in [0.15, 0.2) is 11.5 Å². The van der Waals surface area contributed by atoms with Gasteiger partial charge in [-0.05, 0) is 18.2 Å². The predicted octanol–water partition coefficient (Wildman–Crippen LogP) is 1.99. The Morgan fingerprint density at radius 2 is 2.06 bits per heavy atom. The minimum atomic E-state index is -0.0249. The van der Waals surface area contributed by atoms with E-state index in [1.54, 1.807) is 23.7 Å². The molecule has 1 aromatic carbocycles. The van der Waals surface area contributed by atoms with E-state index in [-0.39, 0.29) is 5.56 Å². The Hall–Kier alpha value is -2.10. The average molecular weight is 214 g/mol. The number of oxazole rings is 1. The zero-order valence-corrected chi connectivity index (χ0v) is 9.02. The van der Waals surface area contributed by atoms with E-state index in [1.807, 2.05) is 19.1 Å². The lowest BCUT2D eigenvalue weighted by molar-refractivity contribution is 0.563. The van der Waals surface area contributed by atoms with Gasteiger partial charge in [-0.1, -0.05) is 0 Å². The van der Waals surface area contributed by atoms with Crippen LogP contribution in [0.15, 0.2) is 33.5 Å². The van der Waals surface area contributed by atoms with E-state index < -0.39 is 0 Å². The van der Waals surface area contributed by atoms with Crippen molar-refractivity contribution in [1.29, 1.82) is 0 Å². The van der Waals surface area contributed by atoms with Gasteiger partial charge in [0, 0.05) is 25.4 Å². The van der Waals surface area contributed by atoms with Crippen LogP contribution < -0.4 is 5.56 Å². The molecule has 0 unspecified atom stereocenters. The van der Waals surface area contributed by atoms with Gasteiger partial charge in [0.1, 0.15) is 5.52 Å². The fourth-order valence-corrected chi connectivity index (χ4v) is 1.95. The minimum Gasteiger partial charge on any atom is -0.440 e. The summed E-state index contributed by atoms with van der Waals surface area (Å²) in [6.45, 7) is 1.81. The number of hydrogen-bond acceptors (Lipinski definition) is 3. The van der Waals surface area contributed by atoms with Crippen molar-refractivity contribution in [3.8, 4) is 0 Å². The Morgan fingerprint density at radius 1 is 1.25 bits per heavy atom. The number of benzene rings is 1. The highest BCUT2D eigenvalue weighted by atomic mass is 16.3. The molecule has 80 valence electrons. The van der Waals surface area contributed by atoms with Gasteiger partial charge in [0.2, 0.25) is 0 Å². The molecular weight excluding hydrogens is 204 g/mol. The maximum Gasteiger partial charge on any atom is 0.250 e. The molecule has 3 aromatic rings. The third kappa shape index (κ3) is 1.10. The van der Waals surface area contributed by atoms with E-state index in [4.69, 9.17) is 4.42 Å². The van der Waals surface area contributed by atoms with Gasteiger partial charge in [0.05, 0.1) is 5.52 Å². The molecule has 0 amide bonds. The summed E-state index contributed by atoms with van der Waals surface area (Å²) in [4.78, 5) is 15.8. The molecule has 0 aliphatic heterocycles. The third-order valence-corrected chi connectivity index (χ3v) is 2.76. The van der Waals surface area contributed by atoms with E-state index in [0.717, 1.165) is 22.0 Å². The summed E-state index contributed by atoms with van der Waals surface area (Å²) in [5.41, 5.74) is 2.40. The molecular formula is C12H10N2O2. The lowest BCUT2D eigenvalue weighted by Gasteiger charge is -2.03. The number of fused-ring (bicyclic) bond motifs is 3. The monoisotopic (exact) mass is 214 g/mol. The maximum absolute atomic E-state index is 11.5. The van der Waals surface area contributed by atoms with Crippen LogP contribution in [0.1, 0.15) is 5.89 Å². The van der Waals surface area contributed by atoms with Crippen LogP contribution in [0.2, 0.25) is 0 Å². The van der Waals surface area contributed by atoms with E-state index in [1.165, 1.54) is 0 Å². The van der Waals surface area contributed by atoms with Crippen molar-refractivity contribution in [3.63, 3.8) is 0 Å². The highest BCUT2D eigenvalue weighted by molar-refractivity contribution is 6.01. The topological polar surface area (TPSA) is 48.0 Å². The molecule has 0 saturated carbocycles. The SMILES string of the molecule is Cc1nc2ccc3c(ccc(=O)n3C)c2o1. The van der Waals surface area contributed by atoms with Gasteiger partial charge < -0.3 is 8.98 Å². The Kier molecular flexibility index (Phi) is 1.68. The second-order valence-corrected chi connectivity index (χ2v) is 3.81. The molecule has 0 spiro atoms. The Bertz CT molecular complexity index is 753. The van der Waals surface area contributed by atoms with Crippen LogP contribution >= 0.6 is 0 Å². The highest BCUT2D eigenvalue weighted by Crippen LogP contribution is 2.24. The second kappa shape index (κ2) is 2.95. The second-order valence-electron chi connectivity index (χ2n) is 3.81. The molecule has 0 bridgehead atoms. The summed E-state index contributed by atoms with van der Waals surface area (Å²) in [5, 5.41) is 0.917. The van der Waals surface area contributed by atoms with Crippen molar-refractivity contribution in [1.82, 2.24) is 9.55 Å². The molecule has 2 aromatic heterocycles. The van der Waals surface area contributed by atoms with Gasteiger partial charge in [-0.25, -0.2) is 4.98 Å². The van der Waals surface area contributed by atoms with Crippen LogP contribution in [0, 0.1) is 6.92 Å². The lowest BCUT2D eigenvalue weighted by Crippen LogP contribution is -2.14. The molecule has 0 saturated heterocycles. The summed E-state index contributed by atoms with van der Waals surface area (Å²) in [7, 11) is 1.75. The first-order valence-corrected chi connectivity index (χ1v) is 5.03. The molecule has 0 aliphatic rings. The first-order chi connectivity index (χ1) is 7.66. The molecule has 0 N–H and O–H groups in total. The van der Waals surface area contributed by atoms with Crippen LogP contribution in [0.25, 0.3) is 22.0 Å². The highest BCUT2D eigenvalue weighted by Gasteiger charge is 2.08. The van der Waals surface area contributed by atoms with Crippen LogP contribution in [0.3, 0.4) is 0 Å². The van der Waals surface area contributed by atoms with Crippen molar-refractivity contribution in [2.45, 2.75) is 6.92 Å². The normalized spacial score (nSPS) is 11.4. The molecule has 0 radical (unpaired) electrons. The number of nitrogens with zero attached hydrogens (tertiary/aromatic N) is 2.